The number of hydrogen-bond acceptors (Lipinski definition) is 2. The Hall–Kier alpha value is -0.830. The molecule has 186 valence electrons. The summed E-state index contributed by atoms with van der Waals surface area (Å²) in [6.45, 7) is 16.9. The first-order valence-corrected chi connectivity index (χ1v) is 13.8. The van der Waals surface area contributed by atoms with Gasteiger partial charge in [-0.25, -0.2) is 0 Å². The van der Waals surface area contributed by atoms with Gasteiger partial charge in [-0.1, -0.05) is 60.1 Å². The van der Waals surface area contributed by atoms with Crippen molar-refractivity contribution >= 4 is 5.97 Å². The van der Waals surface area contributed by atoms with Crippen LogP contribution in [0.15, 0.2) is 11.6 Å². The van der Waals surface area contributed by atoms with Gasteiger partial charge in [0, 0.05) is 0 Å². The van der Waals surface area contributed by atoms with Gasteiger partial charge in [0.15, 0.2) is 0 Å². The fourth-order valence-electron chi connectivity index (χ4n) is 11.0. The van der Waals surface area contributed by atoms with Gasteiger partial charge in [0.1, 0.15) is 0 Å². The molecular weight excluding hydrogens is 408 g/mol. The fraction of sp³-hybridized carbons (Fsp3) is 0.900. The average Bonchev–Trinajstić information content (AvgIpc) is 2.70. The van der Waals surface area contributed by atoms with Crippen molar-refractivity contribution in [1.29, 1.82) is 0 Å². The molecule has 9 unspecified atom stereocenters. The van der Waals surface area contributed by atoms with Crippen molar-refractivity contribution in [1.82, 2.24) is 0 Å². The van der Waals surface area contributed by atoms with E-state index in [1.165, 1.54) is 25.7 Å². The average molecular weight is 457 g/mol. The van der Waals surface area contributed by atoms with Gasteiger partial charge < -0.3 is 10.2 Å². The van der Waals surface area contributed by atoms with Gasteiger partial charge in [-0.3, -0.25) is 4.79 Å². The van der Waals surface area contributed by atoms with E-state index < -0.39 is 5.97 Å². The monoisotopic (exact) mass is 456 g/mol. The van der Waals surface area contributed by atoms with E-state index >= 15 is 0 Å². The van der Waals surface area contributed by atoms with E-state index in [-0.39, 0.29) is 39.1 Å². The van der Waals surface area contributed by atoms with Crippen LogP contribution >= 0.6 is 0 Å². The molecule has 0 aromatic rings. The Kier molecular flexibility index (Phi) is 5.15. The number of aliphatic hydroxyl groups excluding tert-OH is 1. The Morgan fingerprint density at radius 1 is 0.879 bits per heavy atom. The Morgan fingerprint density at radius 3 is 2.18 bits per heavy atom. The largest absolute Gasteiger partial charge is 0.481 e. The summed E-state index contributed by atoms with van der Waals surface area (Å²) in [6, 6.07) is 0. The van der Waals surface area contributed by atoms with Gasteiger partial charge in [-0.15, -0.1) is 0 Å². The second-order valence-corrected chi connectivity index (χ2v) is 15.0. The minimum Gasteiger partial charge on any atom is -0.481 e. The molecule has 5 rings (SSSR count). The van der Waals surface area contributed by atoms with Crippen molar-refractivity contribution in [2.75, 3.05) is 0 Å². The van der Waals surface area contributed by atoms with Gasteiger partial charge in [-0.05, 0) is 109 Å². The van der Waals surface area contributed by atoms with Crippen LogP contribution in [0, 0.1) is 56.7 Å². The molecular formula is C30H48O3. The van der Waals surface area contributed by atoms with E-state index in [0.29, 0.717) is 23.7 Å². The summed E-state index contributed by atoms with van der Waals surface area (Å²) < 4.78 is 0. The van der Waals surface area contributed by atoms with E-state index in [4.69, 9.17) is 0 Å². The standard InChI is InChI=1S/C30H48O3/c1-26(2)16-19(25(32)33)18-8-9-22-28(5,20(18)17-26)13-11-23-29(6)15-12-24(31)27(3,4)21(29)10-14-30(22,23)7/h9,18-21,23-24,31H,8,10-17H2,1-7H3,(H,32,33). The summed E-state index contributed by atoms with van der Waals surface area (Å²) in [5.41, 5.74) is 2.40. The number of fused-ring (bicyclic) bond motifs is 7. The predicted octanol–water partition coefficient (Wildman–Crippen LogP) is 7.09. The summed E-state index contributed by atoms with van der Waals surface area (Å²) in [7, 11) is 0. The highest BCUT2D eigenvalue weighted by Crippen LogP contribution is 2.73. The van der Waals surface area contributed by atoms with Crippen LogP contribution < -0.4 is 0 Å². The molecule has 0 aromatic carbocycles. The van der Waals surface area contributed by atoms with Gasteiger partial charge in [0.25, 0.3) is 0 Å². The van der Waals surface area contributed by atoms with Crippen LogP contribution in [0.5, 0.6) is 0 Å². The van der Waals surface area contributed by atoms with Gasteiger partial charge in [0.05, 0.1) is 12.0 Å². The molecule has 0 radical (unpaired) electrons. The van der Waals surface area contributed by atoms with Crippen LogP contribution in [0.3, 0.4) is 0 Å². The molecule has 3 nitrogen and oxygen atoms in total. The maximum atomic E-state index is 12.3. The second-order valence-electron chi connectivity index (χ2n) is 15.0. The van der Waals surface area contributed by atoms with E-state index in [0.717, 1.165) is 32.1 Å². The highest BCUT2D eigenvalue weighted by molar-refractivity contribution is 5.71. The van der Waals surface area contributed by atoms with Crippen LogP contribution in [-0.4, -0.2) is 22.3 Å². The van der Waals surface area contributed by atoms with Crippen molar-refractivity contribution < 1.29 is 15.0 Å². The minimum absolute atomic E-state index is 0.0107. The number of aliphatic hydroxyl groups is 1. The van der Waals surface area contributed by atoms with Crippen molar-refractivity contribution in [3.8, 4) is 0 Å². The van der Waals surface area contributed by atoms with E-state index in [1.807, 2.05) is 0 Å². The number of carboxylic acid groups (broad SMARTS) is 1. The molecule has 4 saturated carbocycles. The fourth-order valence-corrected chi connectivity index (χ4v) is 11.0. The summed E-state index contributed by atoms with van der Waals surface area (Å²) in [4.78, 5) is 12.3. The first-order valence-electron chi connectivity index (χ1n) is 13.8. The molecule has 0 bridgehead atoms. The zero-order chi connectivity index (χ0) is 24.2. The highest BCUT2D eigenvalue weighted by atomic mass is 16.4. The first-order chi connectivity index (χ1) is 15.2. The van der Waals surface area contributed by atoms with Crippen LogP contribution in [0.25, 0.3) is 0 Å². The molecule has 2 N–H and O–H groups in total. The van der Waals surface area contributed by atoms with Crippen LogP contribution in [-0.2, 0) is 4.79 Å². The maximum Gasteiger partial charge on any atom is 0.306 e. The zero-order valence-electron chi connectivity index (χ0n) is 22.2. The quantitative estimate of drug-likeness (QED) is 0.414. The smallest absolute Gasteiger partial charge is 0.306 e. The molecule has 0 amide bonds. The Balaban J connectivity index is 1.55. The van der Waals surface area contributed by atoms with Crippen molar-refractivity contribution in [3.63, 3.8) is 0 Å². The van der Waals surface area contributed by atoms with Gasteiger partial charge >= 0.3 is 5.97 Å². The van der Waals surface area contributed by atoms with Crippen molar-refractivity contribution in [3.05, 3.63) is 11.6 Å². The summed E-state index contributed by atoms with van der Waals surface area (Å²) >= 11 is 0. The molecule has 3 heteroatoms. The highest BCUT2D eigenvalue weighted by Gasteiger charge is 2.66. The number of hydrogen-bond donors (Lipinski definition) is 2. The Morgan fingerprint density at radius 2 is 1.52 bits per heavy atom. The number of carboxylic acids is 1. The van der Waals surface area contributed by atoms with Crippen molar-refractivity contribution in [2.45, 2.75) is 112 Å². The van der Waals surface area contributed by atoms with Crippen LogP contribution in [0.1, 0.15) is 106 Å². The van der Waals surface area contributed by atoms with E-state index in [2.05, 4.69) is 54.5 Å². The molecule has 4 fully saturated rings. The molecule has 33 heavy (non-hydrogen) atoms. The number of rotatable bonds is 1. The van der Waals surface area contributed by atoms with Crippen molar-refractivity contribution in [2.24, 2.45) is 56.7 Å². The van der Waals surface area contributed by atoms with Crippen LogP contribution in [0.2, 0.25) is 0 Å². The maximum absolute atomic E-state index is 12.3. The second kappa shape index (κ2) is 7.11. The molecule has 0 spiro atoms. The number of carbonyl (C=O) groups is 1. The normalized spacial score (nSPS) is 52.4. The lowest BCUT2D eigenvalue weighted by Gasteiger charge is -2.69. The summed E-state index contributed by atoms with van der Waals surface area (Å²) in [5, 5.41) is 21.0. The molecule has 5 aliphatic carbocycles. The third-order valence-electron chi connectivity index (χ3n) is 12.5. The lowest BCUT2D eigenvalue weighted by Crippen LogP contribution is -2.62. The summed E-state index contributed by atoms with van der Waals surface area (Å²) in [5.74, 6) is 1.24. The third-order valence-corrected chi connectivity index (χ3v) is 12.5. The Labute approximate surface area is 201 Å². The molecule has 9 atom stereocenters. The molecule has 0 heterocycles. The molecule has 5 aliphatic rings. The molecule has 0 aromatic heterocycles. The first kappa shape index (κ1) is 23.9. The number of aliphatic carboxylic acids is 1. The topological polar surface area (TPSA) is 57.5 Å². The number of allylic oxidation sites excluding steroid dienone is 2. The summed E-state index contributed by atoms with van der Waals surface area (Å²) in [6.07, 6.45) is 12.3. The van der Waals surface area contributed by atoms with E-state index in [1.54, 1.807) is 5.57 Å². The lowest BCUT2D eigenvalue weighted by atomic mass is 9.35. The van der Waals surface area contributed by atoms with E-state index in [9.17, 15) is 15.0 Å². The predicted molar refractivity (Wildman–Crippen MR) is 133 cm³/mol. The minimum atomic E-state index is -0.575. The molecule has 0 aliphatic heterocycles. The van der Waals surface area contributed by atoms with Gasteiger partial charge in [0.2, 0.25) is 0 Å². The lowest BCUT2D eigenvalue weighted by molar-refractivity contribution is -0.183. The van der Waals surface area contributed by atoms with Gasteiger partial charge in [-0.2, -0.15) is 0 Å². The Bertz CT molecular complexity index is 870. The zero-order valence-corrected chi connectivity index (χ0v) is 22.2. The molecule has 0 saturated heterocycles. The SMILES string of the molecule is CC1(C)CC(C(=O)O)C2CC=C3C(C)(CCC4C3(C)CCC3C(C)(C)C(O)CCC43C)C2C1. The van der Waals surface area contributed by atoms with Crippen LogP contribution in [0.4, 0.5) is 0 Å². The third kappa shape index (κ3) is 3.12.